The van der Waals surface area contributed by atoms with Gasteiger partial charge in [-0.15, -0.1) is 0 Å². The predicted molar refractivity (Wildman–Crippen MR) is 74.6 cm³/mol. The third-order valence-electron chi connectivity index (χ3n) is 3.21. The van der Waals surface area contributed by atoms with Gasteiger partial charge in [0.05, 0.1) is 12.7 Å². The number of methoxy groups -OCH3 is 1. The van der Waals surface area contributed by atoms with Crippen LogP contribution in [0.15, 0.2) is 40.9 Å². The molecule has 0 aliphatic heterocycles. The average Bonchev–Trinajstić information content (AvgIpc) is 2.97. The van der Waals surface area contributed by atoms with Gasteiger partial charge in [-0.1, -0.05) is 17.3 Å². The van der Waals surface area contributed by atoms with Crippen molar-refractivity contribution < 1.29 is 24.3 Å². The highest BCUT2D eigenvalue weighted by molar-refractivity contribution is 5.98. The van der Waals surface area contributed by atoms with Crippen LogP contribution in [0.2, 0.25) is 0 Å². The van der Waals surface area contributed by atoms with Crippen LogP contribution in [-0.2, 0) is 0 Å². The Hall–Kier alpha value is -3.02. The molecule has 106 valence electrons. The Morgan fingerprint density at radius 2 is 2.05 bits per heavy atom. The standard InChI is InChI=1S/C15H11NO5/c1-20-12-4-2-3-9-8(12)5-6-10(14(9)17)13-7-11(15(18)19)16-21-13/h2-7,17H,1H3,(H,18,19). The summed E-state index contributed by atoms with van der Waals surface area (Å²) in [6, 6.07) is 9.96. The first-order valence-electron chi connectivity index (χ1n) is 6.11. The molecule has 1 heterocycles. The third-order valence-corrected chi connectivity index (χ3v) is 3.21. The highest BCUT2D eigenvalue weighted by Crippen LogP contribution is 2.39. The van der Waals surface area contributed by atoms with Crippen molar-refractivity contribution in [1.29, 1.82) is 0 Å². The first-order valence-corrected chi connectivity index (χ1v) is 6.11. The lowest BCUT2D eigenvalue weighted by atomic mass is 10.0. The van der Waals surface area contributed by atoms with Crippen LogP contribution in [0.4, 0.5) is 0 Å². The molecule has 6 heteroatoms. The number of phenols is 1. The number of benzene rings is 2. The van der Waals surface area contributed by atoms with E-state index in [0.717, 1.165) is 5.39 Å². The Kier molecular flexibility index (Phi) is 2.98. The van der Waals surface area contributed by atoms with Crippen molar-refractivity contribution in [2.45, 2.75) is 0 Å². The third kappa shape index (κ3) is 2.06. The van der Waals surface area contributed by atoms with Crippen molar-refractivity contribution in [3.63, 3.8) is 0 Å². The zero-order valence-electron chi connectivity index (χ0n) is 11.0. The molecule has 0 saturated carbocycles. The number of carboxylic acids is 1. The van der Waals surface area contributed by atoms with Crippen LogP contribution in [0.3, 0.4) is 0 Å². The number of ether oxygens (including phenoxy) is 1. The molecular weight excluding hydrogens is 274 g/mol. The Balaban J connectivity index is 2.20. The first-order chi connectivity index (χ1) is 10.1. The van der Waals surface area contributed by atoms with Gasteiger partial charge in [-0.25, -0.2) is 4.79 Å². The van der Waals surface area contributed by atoms with Crippen molar-refractivity contribution in [3.8, 4) is 22.8 Å². The van der Waals surface area contributed by atoms with E-state index >= 15 is 0 Å². The van der Waals surface area contributed by atoms with Gasteiger partial charge in [-0.2, -0.15) is 0 Å². The van der Waals surface area contributed by atoms with E-state index in [0.29, 0.717) is 16.7 Å². The van der Waals surface area contributed by atoms with Crippen LogP contribution in [0.1, 0.15) is 10.5 Å². The van der Waals surface area contributed by atoms with E-state index < -0.39 is 5.97 Å². The molecular formula is C15H11NO5. The van der Waals surface area contributed by atoms with Crippen LogP contribution in [0.5, 0.6) is 11.5 Å². The van der Waals surface area contributed by atoms with Crippen LogP contribution in [0, 0.1) is 0 Å². The highest BCUT2D eigenvalue weighted by Gasteiger charge is 2.17. The number of phenolic OH excluding ortho intramolecular Hbond substituents is 1. The number of carboxylic acid groups (broad SMARTS) is 1. The van der Waals surface area contributed by atoms with Gasteiger partial charge in [0.25, 0.3) is 0 Å². The average molecular weight is 285 g/mol. The highest BCUT2D eigenvalue weighted by atomic mass is 16.5. The fraction of sp³-hybridized carbons (Fsp3) is 0.0667. The van der Waals surface area contributed by atoms with Crippen molar-refractivity contribution in [1.82, 2.24) is 5.16 Å². The molecule has 3 aromatic rings. The van der Waals surface area contributed by atoms with Gasteiger partial charge in [0.1, 0.15) is 11.5 Å². The van der Waals surface area contributed by atoms with Crippen molar-refractivity contribution in [2.24, 2.45) is 0 Å². The van der Waals surface area contributed by atoms with E-state index in [9.17, 15) is 9.90 Å². The molecule has 3 rings (SSSR count). The van der Waals surface area contributed by atoms with Crippen LogP contribution in [-0.4, -0.2) is 28.4 Å². The second kappa shape index (κ2) is 4.82. The zero-order valence-corrected chi connectivity index (χ0v) is 11.0. The lowest BCUT2D eigenvalue weighted by Gasteiger charge is -2.08. The number of hydrogen-bond acceptors (Lipinski definition) is 5. The molecule has 0 amide bonds. The molecule has 0 spiro atoms. The maximum absolute atomic E-state index is 10.8. The molecule has 21 heavy (non-hydrogen) atoms. The molecule has 0 atom stereocenters. The topological polar surface area (TPSA) is 92.8 Å². The van der Waals surface area contributed by atoms with Crippen molar-refractivity contribution in [3.05, 3.63) is 42.1 Å². The summed E-state index contributed by atoms with van der Waals surface area (Å²) < 4.78 is 10.2. The fourth-order valence-electron chi connectivity index (χ4n) is 2.19. The summed E-state index contributed by atoms with van der Waals surface area (Å²) in [6.07, 6.45) is 0. The van der Waals surface area contributed by atoms with Gasteiger partial charge in [0, 0.05) is 16.8 Å². The van der Waals surface area contributed by atoms with E-state index in [1.807, 2.05) is 0 Å². The van der Waals surface area contributed by atoms with Crippen LogP contribution < -0.4 is 4.74 Å². The summed E-state index contributed by atoms with van der Waals surface area (Å²) in [5.41, 5.74) is 0.158. The van der Waals surface area contributed by atoms with E-state index in [4.69, 9.17) is 14.4 Å². The Labute approximate surface area is 119 Å². The molecule has 2 N–H and O–H groups in total. The molecule has 0 fully saturated rings. The first kappa shape index (κ1) is 13.0. The van der Waals surface area contributed by atoms with E-state index in [1.165, 1.54) is 6.07 Å². The van der Waals surface area contributed by atoms with Gasteiger partial charge in [0.2, 0.25) is 0 Å². The van der Waals surface area contributed by atoms with E-state index in [1.54, 1.807) is 37.4 Å². The maximum atomic E-state index is 10.8. The normalized spacial score (nSPS) is 10.7. The molecule has 0 radical (unpaired) electrons. The summed E-state index contributed by atoms with van der Waals surface area (Å²) in [5, 5.41) is 24.0. The molecule has 0 bridgehead atoms. The smallest absolute Gasteiger partial charge is 0.358 e. The molecule has 1 aromatic heterocycles. The fourth-order valence-corrected chi connectivity index (χ4v) is 2.19. The Morgan fingerprint density at radius 3 is 2.71 bits per heavy atom. The van der Waals surface area contributed by atoms with Crippen molar-refractivity contribution >= 4 is 16.7 Å². The maximum Gasteiger partial charge on any atom is 0.358 e. The molecule has 0 aliphatic carbocycles. The summed E-state index contributed by atoms with van der Waals surface area (Å²) in [4.78, 5) is 10.8. The second-order valence-corrected chi connectivity index (χ2v) is 4.40. The summed E-state index contributed by atoms with van der Waals surface area (Å²) in [7, 11) is 1.55. The summed E-state index contributed by atoms with van der Waals surface area (Å²) >= 11 is 0. The van der Waals surface area contributed by atoms with Crippen LogP contribution in [0.25, 0.3) is 22.1 Å². The Bertz CT molecular complexity index is 837. The minimum absolute atomic E-state index is 0.0144. The number of aromatic hydroxyl groups is 1. The number of aromatic nitrogens is 1. The lowest BCUT2D eigenvalue weighted by molar-refractivity contribution is 0.0686. The monoisotopic (exact) mass is 285 g/mol. The van der Waals surface area contributed by atoms with Gasteiger partial charge < -0.3 is 19.5 Å². The molecule has 0 saturated heterocycles. The number of fused-ring (bicyclic) bond motifs is 1. The summed E-state index contributed by atoms with van der Waals surface area (Å²) in [5.74, 6) is -0.376. The van der Waals surface area contributed by atoms with Gasteiger partial charge >= 0.3 is 5.97 Å². The quantitative estimate of drug-likeness (QED) is 0.768. The minimum Gasteiger partial charge on any atom is -0.507 e. The SMILES string of the molecule is COc1cccc2c(O)c(-c3cc(C(=O)O)no3)ccc12. The van der Waals surface area contributed by atoms with Gasteiger partial charge in [-0.05, 0) is 18.2 Å². The van der Waals surface area contributed by atoms with Crippen LogP contribution >= 0.6 is 0 Å². The number of aromatic carboxylic acids is 1. The zero-order chi connectivity index (χ0) is 15.0. The number of nitrogens with zero attached hydrogens (tertiary/aromatic N) is 1. The van der Waals surface area contributed by atoms with E-state index in [2.05, 4.69) is 5.16 Å². The predicted octanol–water partition coefficient (Wildman–Crippen LogP) is 2.91. The largest absolute Gasteiger partial charge is 0.507 e. The lowest BCUT2D eigenvalue weighted by Crippen LogP contribution is -1.94. The number of rotatable bonds is 3. The van der Waals surface area contributed by atoms with Crippen molar-refractivity contribution in [2.75, 3.05) is 7.11 Å². The minimum atomic E-state index is -1.19. The van der Waals surface area contributed by atoms with Gasteiger partial charge in [-0.3, -0.25) is 0 Å². The second-order valence-electron chi connectivity index (χ2n) is 4.40. The number of hydrogen-bond donors (Lipinski definition) is 2. The molecule has 6 nitrogen and oxygen atoms in total. The Morgan fingerprint density at radius 1 is 1.24 bits per heavy atom. The summed E-state index contributed by atoms with van der Waals surface area (Å²) in [6.45, 7) is 0. The van der Waals surface area contributed by atoms with E-state index in [-0.39, 0.29) is 17.2 Å². The molecule has 2 aromatic carbocycles. The molecule has 0 unspecified atom stereocenters. The number of carbonyl (C=O) groups is 1. The molecule has 0 aliphatic rings. The van der Waals surface area contributed by atoms with Gasteiger partial charge in [0.15, 0.2) is 11.5 Å².